The molecule has 0 radical (unpaired) electrons. The average molecular weight is 354 g/mol. The summed E-state index contributed by atoms with van der Waals surface area (Å²) in [5.41, 5.74) is 0.205. The van der Waals surface area contributed by atoms with Gasteiger partial charge in [-0.2, -0.15) is 0 Å². The lowest BCUT2D eigenvalue weighted by atomic mass is 9.97. The molecule has 5 N–H and O–H groups in total. The lowest BCUT2D eigenvalue weighted by Gasteiger charge is -2.21. The first-order valence-corrected chi connectivity index (χ1v) is 8.82. The summed E-state index contributed by atoms with van der Waals surface area (Å²) < 4.78 is 22.3. The zero-order chi connectivity index (χ0) is 17.7. The molecule has 1 aromatic carbocycles. The van der Waals surface area contributed by atoms with Crippen molar-refractivity contribution in [1.82, 2.24) is 10.6 Å². The lowest BCUT2D eigenvalue weighted by molar-refractivity contribution is -0.141. The molecule has 2 rings (SSSR count). The van der Waals surface area contributed by atoms with E-state index in [4.69, 9.17) is 5.14 Å². The summed E-state index contributed by atoms with van der Waals surface area (Å²) in [4.78, 5) is 35.3. The van der Waals surface area contributed by atoms with E-state index in [9.17, 15) is 22.8 Å². The van der Waals surface area contributed by atoms with Crippen molar-refractivity contribution in [2.24, 2.45) is 11.1 Å². The van der Waals surface area contributed by atoms with Gasteiger partial charge in [0.15, 0.2) is 0 Å². The van der Waals surface area contributed by atoms with E-state index in [-0.39, 0.29) is 16.5 Å². The molecule has 130 valence electrons. The van der Waals surface area contributed by atoms with E-state index in [2.05, 4.69) is 16.0 Å². The SMILES string of the molecule is NS(=O)(=O)c1ccc(NC(=O)C(=O)NC(=O)C2CCNCC2)cc1. The van der Waals surface area contributed by atoms with E-state index < -0.39 is 27.7 Å². The van der Waals surface area contributed by atoms with Crippen LogP contribution in [0.5, 0.6) is 0 Å². The number of imide groups is 1. The largest absolute Gasteiger partial charge is 0.318 e. The molecular weight excluding hydrogens is 336 g/mol. The number of amides is 3. The first-order chi connectivity index (χ1) is 11.3. The molecule has 0 aliphatic carbocycles. The number of carbonyl (C=O) groups is 3. The molecule has 1 aromatic rings. The number of anilines is 1. The second-order valence-corrected chi connectivity index (χ2v) is 6.93. The van der Waals surface area contributed by atoms with Gasteiger partial charge < -0.3 is 10.6 Å². The van der Waals surface area contributed by atoms with Crippen LogP contribution in [0, 0.1) is 5.92 Å². The van der Waals surface area contributed by atoms with Crippen LogP contribution in [0.3, 0.4) is 0 Å². The van der Waals surface area contributed by atoms with Crippen LogP contribution in [-0.2, 0) is 24.4 Å². The Balaban J connectivity index is 1.91. The minimum absolute atomic E-state index is 0.119. The van der Waals surface area contributed by atoms with E-state index in [0.29, 0.717) is 25.9 Å². The fourth-order valence-corrected chi connectivity index (χ4v) is 2.79. The number of hydrogen-bond acceptors (Lipinski definition) is 6. The molecule has 0 spiro atoms. The second kappa shape index (κ2) is 7.51. The minimum atomic E-state index is -3.83. The van der Waals surface area contributed by atoms with Crippen molar-refractivity contribution in [1.29, 1.82) is 0 Å². The number of sulfonamides is 1. The van der Waals surface area contributed by atoms with Crippen molar-refractivity contribution in [3.05, 3.63) is 24.3 Å². The first kappa shape index (κ1) is 18.0. The quantitative estimate of drug-likeness (QED) is 0.507. The molecule has 1 aliphatic rings. The molecular formula is C14H18N4O5S. The summed E-state index contributed by atoms with van der Waals surface area (Å²) in [6.45, 7) is 1.38. The third-order valence-corrected chi connectivity index (χ3v) is 4.52. The number of piperidine rings is 1. The molecule has 0 saturated carbocycles. The molecule has 1 aliphatic heterocycles. The van der Waals surface area contributed by atoms with Gasteiger partial charge in [0, 0.05) is 11.6 Å². The van der Waals surface area contributed by atoms with Crippen molar-refractivity contribution in [2.75, 3.05) is 18.4 Å². The maximum Gasteiger partial charge on any atom is 0.316 e. The Bertz CT molecular complexity index is 739. The van der Waals surface area contributed by atoms with Crippen LogP contribution in [0.2, 0.25) is 0 Å². The molecule has 0 atom stereocenters. The van der Waals surface area contributed by atoms with Gasteiger partial charge in [-0.1, -0.05) is 0 Å². The molecule has 3 amide bonds. The first-order valence-electron chi connectivity index (χ1n) is 7.27. The summed E-state index contributed by atoms with van der Waals surface area (Å²) in [6.07, 6.45) is 1.21. The van der Waals surface area contributed by atoms with E-state index in [1.165, 1.54) is 24.3 Å². The fraction of sp³-hybridized carbons (Fsp3) is 0.357. The van der Waals surface area contributed by atoms with Gasteiger partial charge in [-0.05, 0) is 50.2 Å². The van der Waals surface area contributed by atoms with Crippen molar-refractivity contribution < 1.29 is 22.8 Å². The third-order valence-electron chi connectivity index (χ3n) is 3.59. The van der Waals surface area contributed by atoms with Crippen molar-refractivity contribution in [3.8, 4) is 0 Å². The molecule has 0 aromatic heterocycles. The summed E-state index contributed by atoms with van der Waals surface area (Å²) in [6, 6.07) is 4.98. The van der Waals surface area contributed by atoms with E-state index in [1.54, 1.807) is 0 Å². The average Bonchev–Trinajstić information content (AvgIpc) is 2.55. The lowest BCUT2D eigenvalue weighted by Crippen LogP contribution is -2.44. The van der Waals surface area contributed by atoms with Crippen LogP contribution in [0.15, 0.2) is 29.2 Å². The molecule has 0 unspecified atom stereocenters. The van der Waals surface area contributed by atoms with Gasteiger partial charge in [-0.15, -0.1) is 0 Å². The molecule has 1 fully saturated rings. The third kappa shape index (κ3) is 4.85. The van der Waals surface area contributed by atoms with Crippen LogP contribution in [0.1, 0.15) is 12.8 Å². The highest BCUT2D eigenvalue weighted by atomic mass is 32.2. The number of hydrogen-bond donors (Lipinski definition) is 4. The van der Waals surface area contributed by atoms with Gasteiger partial charge in [0.05, 0.1) is 4.90 Å². The van der Waals surface area contributed by atoms with Gasteiger partial charge in [-0.3, -0.25) is 19.7 Å². The fourth-order valence-electron chi connectivity index (χ4n) is 2.27. The van der Waals surface area contributed by atoms with Crippen LogP contribution in [-0.4, -0.2) is 39.2 Å². The maximum absolute atomic E-state index is 11.9. The number of nitrogens with two attached hydrogens (primary N) is 1. The van der Waals surface area contributed by atoms with Crippen LogP contribution < -0.4 is 21.1 Å². The number of primary sulfonamides is 1. The van der Waals surface area contributed by atoms with Gasteiger partial charge in [-0.25, -0.2) is 13.6 Å². The smallest absolute Gasteiger partial charge is 0.316 e. The highest BCUT2D eigenvalue weighted by Crippen LogP contribution is 2.13. The number of nitrogens with one attached hydrogen (secondary N) is 3. The van der Waals surface area contributed by atoms with Gasteiger partial charge in [0.2, 0.25) is 15.9 Å². The zero-order valence-electron chi connectivity index (χ0n) is 12.7. The highest BCUT2D eigenvalue weighted by molar-refractivity contribution is 7.89. The van der Waals surface area contributed by atoms with E-state index in [1.807, 2.05) is 0 Å². The Morgan fingerprint density at radius 1 is 1.04 bits per heavy atom. The summed E-state index contributed by atoms with van der Waals surface area (Å²) in [7, 11) is -3.83. The minimum Gasteiger partial charge on any atom is -0.318 e. The predicted octanol–water partition coefficient (Wildman–Crippen LogP) is -1.09. The van der Waals surface area contributed by atoms with E-state index >= 15 is 0 Å². The predicted molar refractivity (Wildman–Crippen MR) is 85.2 cm³/mol. The number of benzene rings is 1. The topological polar surface area (TPSA) is 147 Å². The molecule has 1 heterocycles. The van der Waals surface area contributed by atoms with Crippen molar-refractivity contribution >= 4 is 33.4 Å². The van der Waals surface area contributed by atoms with Gasteiger partial charge >= 0.3 is 11.8 Å². The van der Waals surface area contributed by atoms with Crippen LogP contribution >= 0.6 is 0 Å². The zero-order valence-corrected chi connectivity index (χ0v) is 13.6. The molecule has 0 bridgehead atoms. The summed E-state index contributed by atoms with van der Waals surface area (Å²) in [5.74, 6) is -2.84. The van der Waals surface area contributed by atoms with Crippen molar-refractivity contribution in [3.63, 3.8) is 0 Å². The van der Waals surface area contributed by atoms with Crippen molar-refractivity contribution in [2.45, 2.75) is 17.7 Å². The Morgan fingerprint density at radius 3 is 2.17 bits per heavy atom. The Labute approximate surface area is 139 Å². The summed E-state index contributed by atoms with van der Waals surface area (Å²) in [5, 5.41) is 12.4. The van der Waals surface area contributed by atoms with Gasteiger partial charge in [0.1, 0.15) is 0 Å². The normalized spacial score (nSPS) is 15.5. The standard InChI is InChI=1S/C14H18N4O5S/c15-24(22,23)11-3-1-10(2-4-11)17-13(20)14(21)18-12(19)9-5-7-16-8-6-9/h1-4,9,16H,5-8H2,(H,17,20)(H2,15,22,23)(H,18,19,21). The molecule has 9 nitrogen and oxygen atoms in total. The monoisotopic (exact) mass is 354 g/mol. The van der Waals surface area contributed by atoms with Crippen LogP contribution in [0.25, 0.3) is 0 Å². The Hall–Kier alpha value is -2.30. The number of rotatable bonds is 3. The van der Waals surface area contributed by atoms with Gasteiger partial charge in [0.25, 0.3) is 0 Å². The molecule has 24 heavy (non-hydrogen) atoms. The Morgan fingerprint density at radius 2 is 1.62 bits per heavy atom. The maximum atomic E-state index is 11.9. The van der Waals surface area contributed by atoms with Crippen LogP contribution in [0.4, 0.5) is 5.69 Å². The molecule has 1 saturated heterocycles. The van der Waals surface area contributed by atoms with E-state index in [0.717, 1.165) is 0 Å². The Kier molecular flexibility index (Phi) is 5.65. The highest BCUT2D eigenvalue weighted by Gasteiger charge is 2.25. The number of carbonyl (C=O) groups excluding carboxylic acids is 3. The molecule has 10 heteroatoms. The second-order valence-electron chi connectivity index (χ2n) is 5.37. The summed E-state index contributed by atoms with van der Waals surface area (Å²) >= 11 is 0.